The Bertz CT molecular complexity index is 1470. The molecule has 186 valence electrons. The van der Waals surface area contributed by atoms with Gasteiger partial charge >= 0.3 is 6.36 Å². The van der Waals surface area contributed by atoms with Crippen LogP contribution in [0.2, 0.25) is 0 Å². The molecule has 0 atom stereocenters. The van der Waals surface area contributed by atoms with Crippen LogP contribution in [0.5, 0.6) is 5.75 Å². The number of halogens is 3. The highest BCUT2D eigenvalue weighted by atomic mass is 32.2. The molecule has 36 heavy (non-hydrogen) atoms. The molecule has 1 fully saturated rings. The summed E-state index contributed by atoms with van der Waals surface area (Å²) in [7, 11) is -3.86. The van der Waals surface area contributed by atoms with Crippen LogP contribution in [0.25, 0.3) is 22.0 Å². The van der Waals surface area contributed by atoms with E-state index in [9.17, 15) is 21.6 Å². The van der Waals surface area contributed by atoms with E-state index < -0.39 is 22.1 Å². The van der Waals surface area contributed by atoms with Crippen LogP contribution in [0, 0.1) is 0 Å². The second-order valence-corrected chi connectivity index (χ2v) is 10.2. The lowest BCUT2D eigenvalue weighted by molar-refractivity contribution is -0.274. The van der Waals surface area contributed by atoms with Gasteiger partial charge in [0.05, 0.1) is 10.6 Å². The van der Waals surface area contributed by atoms with E-state index >= 15 is 0 Å². The summed E-state index contributed by atoms with van der Waals surface area (Å²) in [6, 6.07) is 22.1. The molecule has 0 aliphatic carbocycles. The topological polar surface area (TPSA) is 75.6 Å². The van der Waals surface area contributed by atoms with Crippen LogP contribution in [0.15, 0.2) is 83.8 Å². The van der Waals surface area contributed by atoms with Crippen molar-refractivity contribution in [1.29, 1.82) is 0 Å². The molecule has 1 saturated heterocycles. The first-order valence-electron chi connectivity index (χ1n) is 11.1. The van der Waals surface area contributed by atoms with Gasteiger partial charge in [-0.25, -0.2) is 8.42 Å². The molecule has 0 saturated carbocycles. The van der Waals surface area contributed by atoms with Crippen LogP contribution in [0.1, 0.15) is 0 Å². The molecule has 11 heteroatoms. The maximum atomic E-state index is 12.9. The average molecular weight is 515 g/mol. The molecule has 1 aliphatic rings. The predicted molar refractivity (Wildman–Crippen MR) is 129 cm³/mol. The molecule has 0 bridgehead atoms. The third-order valence-corrected chi connectivity index (χ3v) is 7.87. The lowest BCUT2D eigenvalue weighted by Crippen LogP contribution is -2.49. The molecular formula is C25H21F3N4O3S. The Morgan fingerprint density at radius 3 is 2.11 bits per heavy atom. The summed E-state index contributed by atoms with van der Waals surface area (Å²) in [4.78, 5) is 1.86. The Hall–Kier alpha value is -3.70. The summed E-state index contributed by atoms with van der Waals surface area (Å²) < 4.78 is 68.0. The predicted octanol–water partition coefficient (Wildman–Crippen LogP) is 4.71. The van der Waals surface area contributed by atoms with Crippen LogP contribution in [-0.2, 0) is 10.0 Å². The molecule has 5 rings (SSSR count). The van der Waals surface area contributed by atoms with E-state index in [0.29, 0.717) is 18.9 Å². The van der Waals surface area contributed by atoms with Gasteiger partial charge in [-0.15, -0.1) is 23.4 Å². The Morgan fingerprint density at radius 1 is 0.778 bits per heavy atom. The number of rotatable bonds is 5. The van der Waals surface area contributed by atoms with Gasteiger partial charge in [-0.1, -0.05) is 36.4 Å². The number of sulfonamides is 1. The Morgan fingerprint density at radius 2 is 1.47 bits per heavy atom. The summed E-state index contributed by atoms with van der Waals surface area (Å²) in [6.45, 7) is 1.21. The minimum Gasteiger partial charge on any atom is -0.406 e. The second kappa shape index (κ2) is 9.40. The van der Waals surface area contributed by atoms with Crippen LogP contribution < -0.4 is 9.64 Å². The van der Waals surface area contributed by atoms with Crippen LogP contribution in [0.4, 0.5) is 19.0 Å². The summed E-state index contributed by atoms with van der Waals surface area (Å²) in [6.07, 6.45) is -4.84. The first kappa shape index (κ1) is 24.0. The van der Waals surface area contributed by atoms with Crippen molar-refractivity contribution in [2.24, 2.45) is 0 Å². The maximum absolute atomic E-state index is 12.9. The molecule has 2 heterocycles. The lowest BCUT2D eigenvalue weighted by Gasteiger charge is -2.34. The zero-order valence-corrected chi connectivity index (χ0v) is 19.7. The van der Waals surface area contributed by atoms with E-state index in [2.05, 4.69) is 21.0 Å². The van der Waals surface area contributed by atoms with Gasteiger partial charge in [0.2, 0.25) is 10.0 Å². The lowest BCUT2D eigenvalue weighted by atomic mass is 10.1. The third-order valence-electron chi connectivity index (χ3n) is 5.95. The van der Waals surface area contributed by atoms with Crippen LogP contribution in [-0.4, -0.2) is 55.5 Å². The van der Waals surface area contributed by atoms with Gasteiger partial charge in [-0.05, 0) is 53.2 Å². The Balaban J connectivity index is 1.23. The number of anilines is 1. The minimum absolute atomic E-state index is 0.0926. The van der Waals surface area contributed by atoms with E-state index in [-0.39, 0.29) is 18.0 Å². The van der Waals surface area contributed by atoms with Gasteiger partial charge in [0.25, 0.3) is 0 Å². The molecule has 0 N–H and O–H groups in total. The van der Waals surface area contributed by atoms with Gasteiger partial charge < -0.3 is 9.64 Å². The molecule has 1 aliphatic heterocycles. The standard InChI is InChI=1S/C25H21F3N4O3S/c26-25(27,28)35-21-7-9-22(10-8-21)36(33,34)32-15-13-31(14-16-32)24-12-11-23(29-30-24)20-6-5-18-3-1-2-4-19(18)17-20/h1-12,17H,13-16H2. The highest BCUT2D eigenvalue weighted by molar-refractivity contribution is 7.89. The maximum Gasteiger partial charge on any atom is 0.573 e. The minimum atomic E-state index is -4.84. The molecule has 4 aromatic rings. The first-order valence-corrected chi connectivity index (χ1v) is 12.6. The third kappa shape index (κ3) is 5.12. The van der Waals surface area contributed by atoms with Crippen molar-refractivity contribution >= 4 is 26.6 Å². The van der Waals surface area contributed by atoms with Crippen LogP contribution >= 0.6 is 0 Å². The fourth-order valence-corrected chi connectivity index (χ4v) is 5.54. The molecule has 0 spiro atoms. The normalized spacial score (nSPS) is 15.2. The Kier molecular flexibility index (Phi) is 6.27. The van der Waals surface area contributed by atoms with E-state index in [1.807, 2.05) is 53.4 Å². The van der Waals surface area contributed by atoms with Gasteiger partial charge in [0.15, 0.2) is 5.82 Å². The van der Waals surface area contributed by atoms with Crippen molar-refractivity contribution in [3.8, 4) is 17.0 Å². The number of ether oxygens (including phenoxy) is 1. The van der Waals surface area contributed by atoms with Crippen molar-refractivity contribution < 1.29 is 26.3 Å². The molecule has 7 nitrogen and oxygen atoms in total. The number of piperazine rings is 1. The zero-order chi connectivity index (χ0) is 25.3. The Labute approximate surface area is 205 Å². The van der Waals surface area contributed by atoms with Crippen molar-refractivity contribution in [2.75, 3.05) is 31.1 Å². The van der Waals surface area contributed by atoms with Crippen LogP contribution in [0.3, 0.4) is 0 Å². The highest BCUT2D eigenvalue weighted by Gasteiger charge is 2.32. The van der Waals surface area contributed by atoms with E-state index in [4.69, 9.17) is 0 Å². The molecular weight excluding hydrogens is 493 g/mol. The zero-order valence-electron chi connectivity index (χ0n) is 18.9. The van der Waals surface area contributed by atoms with Gasteiger partial charge in [0.1, 0.15) is 5.75 Å². The SMILES string of the molecule is O=S(=O)(c1ccc(OC(F)(F)F)cc1)N1CCN(c2ccc(-c3ccc4ccccc4c3)nn2)CC1. The largest absolute Gasteiger partial charge is 0.573 e. The van der Waals surface area contributed by atoms with E-state index in [1.165, 1.54) is 4.31 Å². The molecule has 1 aromatic heterocycles. The van der Waals surface area contributed by atoms with Gasteiger partial charge in [0, 0.05) is 31.7 Å². The summed E-state index contributed by atoms with van der Waals surface area (Å²) in [5.74, 6) is 0.169. The summed E-state index contributed by atoms with van der Waals surface area (Å²) >= 11 is 0. The van der Waals surface area contributed by atoms with Crippen molar-refractivity contribution in [3.63, 3.8) is 0 Å². The van der Waals surface area contributed by atoms with Gasteiger partial charge in [-0.2, -0.15) is 4.31 Å². The first-order chi connectivity index (χ1) is 17.2. The molecule has 0 radical (unpaired) electrons. The summed E-state index contributed by atoms with van der Waals surface area (Å²) in [5.41, 5.74) is 1.69. The number of alkyl halides is 3. The second-order valence-electron chi connectivity index (χ2n) is 8.25. The monoisotopic (exact) mass is 514 g/mol. The average Bonchev–Trinajstić information content (AvgIpc) is 2.88. The number of hydrogen-bond acceptors (Lipinski definition) is 6. The number of aromatic nitrogens is 2. The summed E-state index contributed by atoms with van der Waals surface area (Å²) in [5, 5.41) is 11.0. The van der Waals surface area contributed by atoms with Crippen molar-refractivity contribution in [2.45, 2.75) is 11.3 Å². The van der Waals surface area contributed by atoms with Crippen molar-refractivity contribution in [3.05, 3.63) is 78.9 Å². The van der Waals surface area contributed by atoms with Crippen molar-refractivity contribution in [1.82, 2.24) is 14.5 Å². The fourth-order valence-electron chi connectivity index (χ4n) is 4.12. The number of nitrogens with zero attached hydrogens (tertiary/aromatic N) is 4. The number of benzene rings is 3. The number of fused-ring (bicyclic) bond motifs is 1. The molecule has 0 amide bonds. The van der Waals surface area contributed by atoms with E-state index in [0.717, 1.165) is 46.3 Å². The molecule has 0 unspecified atom stereocenters. The van der Waals surface area contributed by atoms with Gasteiger partial charge in [-0.3, -0.25) is 0 Å². The molecule has 3 aromatic carbocycles. The number of hydrogen-bond donors (Lipinski definition) is 0. The quantitative estimate of drug-likeness (QED) is 0.384. The highest BCUT2D eigenvalue weighted by Crippen LogP contribution is 2.27. The fraction of sp³-hybridized carbons (Fsp3) is 0.200. The smallest absolute Gasteiger partial charge is 0.406 e. The van der Waals surface area contributed by atoms with E-state index in [1.54, 1.807) is 0 Å².